The van der Waals surface area contributed by atoms with Gasteiger partial charge < -0.3 is 10.2 Å². The second-order valence-corrected chi connectivity index (χ2v) is 7.45. The predicted molar refractivity (Wildman–Crippen MR) is 98.1 cm³/mol. The minimum Gasteiger partial charge on any atom is -0.340 e. The van der Waals surface area contributed by atoms with Crippen LogP contribution in [0.15, 0.2) is 24.3 Å². The molecule has 0 aromatic heterocycles. The second-order valence-electron chi connectivity index (χ2n) is 7.02. The molecule has 0 saturated carbocycles. The Kier molecular flexibility index (Phi) is 6.52. The van der Waals surface area contributed by atoms with Gasteiger partial charge in [0, 0.05) is 44.2 Å². The molecule has 132 valence electrons. The van der Waals surface area contributed by atoms with E-state index in [9.17, 15) is 4.79 Å². The van der Waals surface area contributed by atoms with Gasteiger partial charge in [-0.2, -0.15) is 0 Å². The molecule has 2 aliphatic heterocycles. The molecule has 1 aromatic carbocycles. The Labute approximate surface area is 150 Å². The zero-order chi connectivity index (χ0) is 16.8. The number of piperazine rings is 1. The highest BCUT2D eigenvalue weighted by Crippen LogP contribution is 2.19. The number of carbonyl (C=O) groups is 1. The number of hydrogen-bond acceptors (Lipinski definition) is 3. The van der Waals surface area contributed by atoms with E-state index in [4.69, 9.17) is 11.6 Å². The zero-order valence-electron chi connectivity index (χ0n) is 14.3. The topological polar surface area (TPSA) is 35.6 Å². The summed E-state index contributed by atoms with van der Waals surface area (Å²) in [6.45, 7) is 6.81. The molecular formula is C19H28ClN3O. The Balaban J connectivity index is 1.37. The zero-order valence-corrected chi connectivity index (χ0v) is 15.1. The summed E-state index contributed by atoms with van der Waals surface area (Å²) < 4.78 is 0. The minimum absolute atomic E-state index is 0.347. The molecule has 1 N–H and O–H groups in total. The van der Waals surface area contributed by atoms with Crippen LogP contribution in [0.25, 0.3) is 0 Å². The molecule has 2 heterocycles. The average molecular weight is 350 g/mol. The van der Waals surface area contributed by atoms with E-state index in [1.165, 1.54) is 18.4 Å². The van der Waals surface area contributed by atoms with Crippen molar-refractivity contribution in [1.29, 1.82) is 0 Å². The molecule has 0 bridgehead atoms. The van der Waals surface area contributed by atoms with Crippen molar-refractivity contribution in [3.8, 4) is 0 Å². The van der Waals surface area contributed by atoms with E-state index in [1.807, 2.05) is 12.1 Å². The minimum atomic E-state index is 0.347. The number of carbonyl (C=O) groups excluding carboxylic acids is 1. The quantitative estimate of drug-likeness (QED) is 0.887. The number of amides is 1. The fourth-order valence-electron chi connectivity index (χ4n) is 3.66. The molecule has 1 amide bonds. The first kappa shape index (κ1) is 17.7. The average Bonchev–Trinajstić information content (AvgIpc) is 2.63. The van der Waals surface area contributed by atoms with Crippen LogP contribution in [-0.2, 0) is 11.3 Å². The van der Waals surface area contributed by atoms with E-state index in [0.29, 0.717) is 5.91 Å². The van der Waals surface area contributed by atoms with Gasteiger partial charge in [0.25, 0.3) is 0 Å². The third-order valence-corrected chi connectivity index (χ3v) is 5.52. The van der Waals surface area contributed by atoms with Crippen molar-refractivity contribution < 1.29 is 4.79 Å². The smallest absolute Gasteiger partial charge is 0.222 e. The lowest BCUT2D eigenvalue weighted by Crippen LogP contribution is -2.48. The Morgan fingerprint density at radius 2 is 1.75 bits per heavy atom. The summed E-state index contributed by atoms with van der Waals surface area (Å²) in [6, 6.07) is 8.05. The largest absolute Gasteiger partial charge is 0.340 e. The summed E-state index contributed by atoms with van der Waals surface area (Å²) in [5.41, 5.74) is 1.28. The molecule has 0 radical (unpaired) electrons. The molecule has 0 atom stereocenters. The maximum atomic E-state index is 12.4. The van der Waals surface area contributed by atoms with Crippen LogP contribution >= 0.6 is 11.6 Å². The number of rotatable bonds is 5. The van der Waals surface area contributed by atoms with Crippen LogP contribution in [0.1, 0.15) is 31.2 Å². The van der Waals surface area contributed by atoms with Crippen molar-refractivity contribution in [2.45, 2.75) is 32.2 Å². The van der Waals surface area contributed by atoms with Gasteiger partial charge in [-0.25, -0.2) is 0 Å². The lowest BCUT2D eigenvalue weighted by molar-refractivity contribution is -0.133. The van der Waals surface area contributed by atoms with Crippen LogP contribution in [0.2, 0.25) is 5.02 Å². The van der Waals surface area contributed by atoms with Gasteiger partial charge in [-0.1, -0.05) is 23.7 Å². The highest BCUT2D eigenvalue weighted by atomic mass is 35.5. The van der Waals surface area contributed by atoms with Crippen LogP contribution < -0.4 is 5.32 Å². The van der Waals surface area contributed by atoms with Gasteiger partial charge in [0.1, 0.15) is 0 Å². The van der Waals surface area contributed by atoms with Crippen LogP contribution in [0, 0.1) is 5.92 Å². The summed E-state index contributed by atoms with van der Waals surface area (Å²) in [6.07, 6.45) is 4.23. The van der Waals surface area contributed by atoms with E-state index < -0.39 is 0 Å². The fourth-order valence-corrected chi connectivity index (χ4v) is 3.79. The number of hydrogen-bond donors (Lipinski definition) is 1. The maximum absolute atomic E-state index is 12.4. The van der Waals surface area contributed by atoms with E-state index in [0.717, 1.165) is 69.6 Å². The molecule has 2 aliphatic rings. The van der Waals surface area contributed by atoms with Gasteiger partial charge >= 0.3 is 0 Å². The van der Waals surface area contributed by atoms with Crippen molar-refractivity contribution in [2.24, 2.45) is 5.92 Å². The SMILES string of the molecule is O=C(CCC1CCNCC1)N1CCN(Cc2ccc(Cl)cc2)CC1. The van der Waals surface area contributed by atoms with E-state index in [-0.39, 0.29) is 0 Å². The van der Waals surface area contributed by atoms with Gasteiger partial charge in [0.05, 0.1) is 0 Å². The molecule has 5 heteroatoms. The fraction of sp³-hybridized carbons (Fsp3) is 0.632. The standard InChI is InChI=1S/C19H28ClN3O/c20-18-4-1-17(2-5-18)15-22-11-13-23(14-12-22)19(24)6-3-16-7-9-21-10-8-16/h1-2,4-5,16,21H,3,6-15H2. The van der Waals surface area contributed by atoms with Crippen molar-refractivity contribution in [3.63, 3.8) is 0 Å². The molecule has 1 aromatic rings. The van der Waals surface area contributed by atoms with Gasteiger partial charge in [-0.05, 0) is 56.0 Å². The van der Waals surface area contributed by atoms with Crippen LogP contribution in [0.5, 0.6) is 0 Å². The predicted octanol–water partition coefficient (Wildman–Crippen LogP) is 2.76. The highest BCUT2D eigenvalue weighted by molar-refractivity contribution is 6.30. The molecule has 0 spiro atoms. The Hall–Kier alpha value is -1.10. The van der Waals surface area contributed by atoms with Gasteiger partial charge in [0.15, 0.2) is 0 Å². The first-order valence-electron chi connectivity index (χ1n) is 9.16. The number of nitrogens with one attached hydrogen (secondary N) is 1. The normalized spacial score (nSPS) is 20.3. The lowest BCUT2D eigenvalue weighted by Gasteiger charge is -2.35. The van der Waals surface area contributed by atoms with Crippen molar-refractivity contribution in [3.05, 3.63) is 34.9 Å². The van der Waals surface area contributed by atoms with Crippen LogP contribution in [0.3, 0.4) is 0 Å². The van der Waals surface area contributed by atoms with Gasteiger partial charge in [-0.3, -0.25) is 9.69 Å². The summed E-state index contributed by atoms with van der Waals surface area (Å²) in [7, 11) is 0. The van der Waals surface area contributed by atoms with E-state index in [2.05, 4.69) is 27.2 Å². The maximum Gasteiger partial charge on any atom is 0.222 e. The summed E-state index contributed by atoms with van der Waals surface area (Å²) in [5, 5.41) is 4.17. The Morgan fingerprint density at radius 1 is 1.08 bits per heavy atom. The third kappa shape index (κ3) is 5.20. The molecule has 0 aliphatic carbocycles. The Morgan fingerprint density at radius 3 is 2.42 bits per heavy atom. The summed E-state index contributed by atoms with van der Waals surface area (Å²) in [4.78, 5) is 16.9. The van der Waals surface area contributed by atoms with Crippen LogP contribution in [0.4, 0.5) is 0 Å². The first-order chi connectivity index (χ1) is 11.7. The first-order valence-corrected chi connectivity index (χ1v) is 9.54. The molecule has 2 saturated heterocycles. The molecule has 24 heavy (non-hydrogen) atoms. The van der Waals surface area contributed by atoms with Gasteiger partial charge in [-0.15, -0.1) is 0 Å². The number of nitrogens with zero attached hydrogens (tertiary/aromatic N) is 2. The number of halogens is 1. The highest BCUT2D eigenvalue weighted by Gasteiger charge is 2.22. The van der Waals surface area contributed by atoms with Crippen molar-refractivity contribution in [2.75, 3.05) is 39.3 Å². The van der Waals surface area contributed by atoms with Crippen molar-refractivity contribution >= 4 is 17.5 Å². The lowest BCUT2D eigenvalue weighted by atomic mass is 9.93. The van der Waals surface area contributed by atoms with E-state index >= 15 is 0 Å². The number of piperidine rings is 1. The molecule has 4 nitrogen and oxygen atoms in total. The van der Waals surface area contributed by atoms with Crippen LogP contribution in [-0.4, -0.2) is 55.0 Å². The summed E-state index contributed by atoms with van der Waals surface area (Å²) >= 11 is 5.93. The third-order valence-electron chi connectivity index (χ3n) is 5.27. The molecule has 3 rings (SSSR count). The Bertz CT molecular complexity index is 520. The second kappa shape index (κ2) is 8.84. The monoisotopic (exact) mass is 349 g/mol. The van der Waals surface area contributed by atoms with Crippen molar-refractivity contribution in [1.82, 2.24) is 15.1 Å². The van der Waals surface area contributed by atoms with E-state index in [1.54, 1.807) is 0 Å². The molecular weight excluding hydrogens is 322 g/mol. The number of benzene rings is 1. The molecule has 0 unspecified atom stereocenters. The summed E-state index contributed by atoms with van der Waals surface area (Å²) in [5.74, 6) is 1.08. The molecule has 2 fully saturated rings. The van der Waals surface area contributed by atoms with Gasteiger partial charge in [0.2, 0.25) is 5.91 Å².